The van der Waals surface area contributed by atoms with E-state index in [0.717, 1.165) is 10.9 Å². The van der Waals surface area contributed by atoms with E-state index in [9.17, 15) is 9.18 Å². The summed E-state index contributed by atoms with van der Waals surface area (Å²) in [4.78, 5) is 12.0. The van der Waals surface area contributed by atoms with Gasteiger partial charge in [0.1, 0.15) is 5.82 Å². The highest BCUT2D eigenvalue weighted by molar-refractivity contribution is 14.1. The molecule has 3 aromatic rings. The molecule has 0 aliphatic rings. The van der Waals surface area contributed by atoms with E-state index in [1.165, 1.54) is 13.2 Å². The first-order valence-corrected chi connectivity index (χ1v) is 8.12. The highest BCUT2D eigenvalue weighted by Crippen LogP contribution is 2.25. The Morgan fingerprint density at radius 2 is 2.17 bits per heavy atom. The molecule has 0 bridgehead atoms. The zero-order valence-electron chi connectivity index (χ0n) is 12.0. The molecule has 0 fully saturated rings. The van der Waals surface area contributed by atoms with Crippen LogP contribution < -0.4 is 0 Å². The van der Waals surface area contributed by atoms with Gasteiger partial charge >= 0.3 is 5.97 Å². The van der Waals surface area contributed by atoms with E-state index < -0.39 is 5.97 Å². The van der Waals surface area contributed by atoms with Gasteiger partial charge in [-0.05, 0) is 52.4 Å². The highest BCUT2D eigenvalue weighted by atomic mass is 127. The molecule has 1 heterocycles. The summed E-state index contributed by atoms with van der Waals surface area (Å²) in [6.45, 7) is 0.336. The summed E-state index contributed by atoms with van der Waals surface area (Å²) in [5.41, 5.74) is 1.69. The van der Waals surface area contributed by atoms with Gasteiger partial charge in [-0.1, -0.05) is 17.7 Å². The fourth-order valence-electron chi connectivity index (χ4n) is 2.39. The number of carbonyl (C=O) groups is 1. The Labute approximate surface area is 150 Å². The van der Waals surface area contributed by atoms with E-state index >= 15 is 0 Å². The van der Waals surface area contributed by atoms with Gasteiger partial charge in [-0.2, -0.15) is 5.10 Å². The molecule has 7 heteroatoms. The summed E-state index contributed by atoms with van der Waals surface area (Å²) in [5.74, 6) is -0.774. The molecule has 23 heavy (non-hydrogen) atoms. The van der Waals surface area contributed by atoms with E-state index in [-0.39, 0.29) is 5.82 Å². The zero-order valence-corrected chi connectivity index (χ0v) is 14.9. The Bertz CT molecular complexity index is 910. The van der Waals surface area contributed by atoms with Crippen molar-refractivity contribution >= 4 is 51.1 Å². The second kappa shape index (κ2) is 6.45. The second-order valence-corrected chi connectivity index (χ2v) is 6.53. The number of aromatic nitrogens is 2. The molecule has 0 N–H and O–H groups in total. The first-order valence-electron chi connectivity index (χ1n) is 6.67. The summed E-state index contributed by atoms with van der Waals surface area (Å²) in [5, 5.41) is 5.44. The third-order valence-corrected chi connectivity index (χ3v) is 4.51. The molecule has 0 aliphatic carbocycles. The van der Waals surface area contributed by atoms with Crippen LogP contribution in [-0.4, -0.2) is 22.9 Å². The van der Waals surface area contributed by atoms with Gasteiger partial charge in [-0.3, -0.25) is 4.68 Å². The number of benzene rings is 2. The van der Waals surface area contributed by atoms with E-state index in [1.807, 2.05) is 28.7 Å². The van der Waals surface area contributed by atoms with Crippen molar-refractivity contribution in [2.24, 2.45) is 0 Å². The first-order chi connectivity index (χ1) is 11.0. The van der Waals surface area contributed by atoms with Crippen molar-refractivity contribution in [3.63, 3.8) is 0 Å². The lowest BCUT2D eigenvalue weighted by Gasteiger charge is -2.08. The molecule has 2 aromatic carbocycles. The van der Waals surface area contributed by atoms with Gasteiger partial charge in [0.15, 0.2) is 0 Å². The van der Waals surface area contributed by atoms with Gasteiger partial charge in [0.05, 0.1) is 30.9 Å². The van der Waals surface area contributed by atoms with E-state index in [2.05, 4.69) is 5.10 Å². The highest BCUT2D eigenvalue weighted by Gasteiger charge is 2.17. The molecule has 118 valence electrons. The van der Waals surface area contributed by atoms with Crippen LogP contribution in [-0.2, 0) is 11.3 Å². The van der Waals surface area contributed by atoms with Crippen molar-refractivity contribution in [2.45, 2.75) is 6.54 Å². The van der Waals surface area contributed by atoms with E-state index in [0.29, 0.717) is 26.2 Å². The molecular weight excluding hydrogens is 434 g/mol. The lowest BCUT2D eigenvalue weighted by atomic mass is 10.1. The predicted octanol–water partition coefficient (Wildman–Crippen LogP) is 4.27. The number of carbonyl (C=O) groups excluding carboxylic acids is 1. The second-order valence-electron chi connectivity index (χ2n) is 4.93. The minimum Gasteiger partial charge on any atom is -0.465 e. The van der Waals surface area contributed by atoms with Crippen LogP contribution >= 0.6 is 34.2 Å². The minimum atomic E-state index is -0.493. The standard InChI is InChI=1S/C16H11ClFIN2O2/c1-23-16(22)12-6-11(17)5-10-7-20-21(15(10)12)8-9-2-3-14(19)13(18)4-9/h2-7H,8H2,1H3. The molecule has 0 radical (unpaired) electrons. The van der Waals surface area contributed by atoms with Crippen LogP contribution in [0.15, 0.2) is 36.5 Å². The number of rotatable bonds is 3. The summed E-state index contributed by atoms with van der Waals surface area (Å²) in [6, 6.07) is 8.26. The molecule has 0 aliphatic heterocycles. The molecular formula is C16H11ClFIN2O2. The molecule has 0 unspecified atom stereocenters. The first kappa shape index (κ1) is 16.2. The Morgan fingerprint density at radius 1 is 1.39 bits per heavy atom. The van der Waals surface area contributed by atoms with Crippen molar-refractivity contribution in [2.75, 3.05) is 7.11 Å². The van der Waals surface area contributed by atoms with Crippen LogP contribution in [0.25, 0.3) is 10.9 Å². The molecule has 1 aromatic heterocycles. The van der Waals surface area contributed by atoms with Crippen molar-refractivity contribution in [3.05, 3.63) is 62.1 Å². The fourth-order valence-corrected chi connectivity index (χ4v) is 2.95. The quantitative estimate of drug-likeness (QED) is 0.448. The number of hydrogen-bond acceptors (Lipinski definition) is 3. The van der Waals surface area contributed by atoms with Gasteiger partial charge in [0, 0.05) is 14.0 Å². The third kappa shape index (κ3) is 3.18. The molecule has 3 rings (SSSR count). The van der Waals surface area contributed by atoms with E-state index in [1.54, 1.807) is 29.1 Å². The number of ether oxygens (including phenoxy) is 1. The summed E-state index contributed by atoms with van der Waals surface area (Å²) < 4.78 is 20.7. The predicted molar refractivity (Wildman–Crippen MR) is 94.3 cm³/mol. The Hall–Kier alpha value is -1.67. The summed E-state index contributed by atoms with van der Waals surface area (Å²) in [6.07, 6.45) is 1.62. The fraction of sp³-hybridized carbons (Fsp3) is 0.125. The number of nitrogens with zero attached hydrogens (tertiary/aromatic N) is 2. The molecule has 0 saturated heterocycles. The SMILES string of the molecule is COC(=O)c1cc(Cl)cc2cnn(Cc3ccc(I)c(F)c3)c12. The van der Waals surface area contributed by atoms with Crippen molar-refractivity contribution < 1.29 is 13.9 Å². The zero-order chi connectivity index (χ0) is 16.6. The van der Waals surface area contributed by atoms with Gasteiger partial charge in [-0.15, -0.1) is 0 Å². The number of hydrogen-bond donors (Lipinski definition) is 0. The number of esters is 1. The van der Waals surface area contributed by atoms with Crippen LogP contribution in [0.3, 0.4) is 0 Å². The molecule has 0 atom stereocenters. The maximum Gasteiger partial charge on any atom is 0.340 e. The largest absolute Gasteiger partial charge is 0.465 e. The number of methoxy groups -OCH3 is 1. The van der Waals surface area contributed by atoms with Crippen LogP contribution in [0.5, 0.6) is 0 Å². The maximum absolute atomic E-state index is 13.7. The van der Waals surface area contributed by atoms with E-state index in [4.69, 9.17) is 16.3 Å². The maximum atomic E-state index is 13.7. The number of halogens is 3. The average molecular weight is 445 g/mol. The molecule has 4 nitrogen and oxygen atoms in total. The number of fused-ring (bicyclic) bond motifs is 1. The topological polar surface area (TPSA) is 44.1 Å². The van der Waals surface area contributed by atoms with Gasteiger partial charge in [-0.25, -0.2) is 9.18 Å². The van der Waals surface area contributed by atoms with Crippen LogP contribution in [0.4, 0.5) is 4.39 Å². The van der Waals surface area contributed by atoms with Crippen molar-refractivity contribution in [3.8, 4) is 0 Å². The molecule has 0 spiro atoms. The van der Waals surface area contributed by atoms with Crippen molar-refractivity contribution in [1.82, 2.24) is 9.78 Å². The van der Waals surface area contributed by atoms with Gasteiger partial charge in [0.2, 0.25) is 0 Å². The van der Waals surface area contributed by atoms with Crippen LogP contribution in [0, 0.1) is 9.39 Å². The van der Waals surface area contributed by atoms with Crippen molar-refractivity contribution in [1.29, 1.82) is 0 Å². The van der Waals surface area contributed by atoms with Crippen LogP contribution in [0.1, 0.15) is 15.9 Å². The summed E-state index contributed by atoms with van der Waals surface area (Å²) in [7, 11) is 1.31. The Balaban J connectivity index is 2.11. The summed E-state index contributed by atoms with van der Waals surface area (Å²) >= 11 is 7.97. The monoisotopic (exact) mass is 444 g/mol. The lowest BCUT2D eigenvalue weighted by molar-refractivity contribution is 0.0602. The molecule has 0 amide bonds. The lowest BCUT2D eigenvalue weighted by Crippen LogP contribution is -2.08. The van der Waals surface area contributed by atoms with Gasteiger partial charge in [0.25, 0.3) is 0 Å². The minimum absolute atomic E-state index is 0.282. The normalized spacial score (nSPS) is 11.0. The smallest absolute Gasteiger partial charge is 0.340 e. The third-order valence-electron chi connectivity index (χ3n) is 3.42. The van der Waals surface area contributed by atoms with Gasteiger partial charge < -0.3 is 4.74 Å². The average Bonchev–Trinajstić information content (AvgIpc) is 2.92. The molecule has 0 saturated carbocycles. The van der Waals surface area contributed by atoms with Crippen LogP contribution in [0.2, 0.25) is 5.02 Å². The Kier molecular flexibility index (Phi) is 4.54. The Morgan fingerprint density at radius 3 is 2.87 bits per heavy atom.